The summed E-state index contributed by atoms with van der Waals surface area (Å²) in [6, 6.07) is 3.16. The molecule has 0 saturated heterocycles. The first-order chi connectivity index (χ1) is 6.98. The van der Waals surface area contributed by atoms with E-state index in [1.165, 1.54) is 6.20 Å². The third-order valence-electron chi connectivity index (χ3n) is 2.10. The molecule has 2 aromatic rings. The summed E-state index contributed by atoms with van der Waals surface area (Å²) in [6.07, 6.45) is 1.98. The maximum atomic E-state index is 12.8. The molecule has 0 bridgehead atoms. The molecule has 0 atom stereocenters. The molecule has 0 aliphatic rings. The van der Waals surface area contributed by atoms with Gasteiger partial charge in [0.2, 0.25) is 0 Å². The zero-order chi connectivity index (χ0) is 11.1. The maximum absolute atomic E-state index is 12.8. The minimum Gasteiger partial charge on any atom is -0.445 e. The first kappa shape index (κ1) is 14.1. The Morgan fingerprint density at radius 1 is 1.06 bits per heavy atom. The Hall–Kier alpha value is 0.0513. The minimum atomic E-state index is -5.11. The van der Waals surface area contributed by atoms with Crippen molar-refractivity contribution in [1.82, 2.24) is 4.98 Å². The fraction of sp³-hybridized carbons (Fsp3) is 0. The Kier molecular flexibility index (Phi) is 4.53. The quantitative estimate of drug-likeness (QED) is 0.490. The van der Waals surface area contributed by atoms with E-state index in [9.17, 15) is 17.3 Å². The van der Waals surface area contributed by atoms with Gasteiger partial charge in [0.05, 0.1) is 0 Å². The predicted molar refractivity (Wildman–Crippen MR) is 50.4 cm³/mol. The monoisotopic (exact) mass is 253 g/mol. The maximum Gasteiger partial charge on any atom is 1.00 e. The molecule has 2 rings (SSSR count). The van der Waals surface area contributed by atoms with E-state index in [2.05, 4.69) is 4.98 Å². The van der Waals surface area contributed by atoms with Gasteiger partial charge in [0, 0.05) is 17.8 Å². The van der Waals surface area contributed by atoms with Crippen molar-refractivity contribution >= 4 is 23.2 Å². The molecule has 0 N–H and O–H groups in total. The van der Waals surface area contributed by atoms with E-state index in [4.69, 9.17) is 0 Å². The SMILES string of the molecule is Fc1ccc2c([B-](F)(F)F)cncc2c1.[K+]. The van der Waals surface area contributed by atoms with Crippen LogP contribution in [0.15, 0.2) is 30.6 Å². The number of hydrogen-bond donors (Lipinski definition) is 0. The van der Waals surface area contributed by atoms with Crippen molar-refractivity contribution in [3.63, 3.8) is 0 Å². The van der Waals surface area contributed by atoms with Crippen LogP contribution in [0.5, 0.6) is 0 Å². The van der Waals surface area contributed by atoms with Crippen molar-refractivity contribution in [3.05, 3.63) is 36.4 Å². The number of fused-ring (bicyclic) bond motifs is 1. The summed E-state index contributed by atoms with van der Waals surface area (Å²) in [4.78, 5) is 3.45. The van der Waals surface area contributed by atoms with Gasteiger partial charge in [-0.05, 0) is 17.5 Å². The van der Waals surface area contributed by atoms with Gasteiger partial charge in [0.15, 0.2) is 0 Å². The van der Waals surface area contributed by atoms with Gasteiger partial charge in [-0.25, -0.2) is 4.39 Å². The van der Waals surface area contributed by atoms with Crippen LogP contribution < -0.4 is 56.8 Å². The Morgan fingerprint density at radius 2 is 1.75 bits per heavy atom. The normalized spacial score (nSPS) is 11.2. The Bertz CT molecular complexity index is 514. The smallest absolute Gasteiger partial charge is 0.445 e. The molecular weight excluding hydrogens is 248 g/mol. The first-order valence-corrected chi connectivity index (χ1v) is 4.21. The van der Waals surface area contributed by atoms with Crippen LogP contribution >= 0.6 is 0 Å². The molecule has 16 heavy (non-hydrogen) atoms. The molecule has 0 saturated carbocycles. The largest absolute Gasteiger partial charge is 1.00 e. The molecule has 0 aliphatic heterocycles. The van der Waals surface area contributed by atoms with E-state index in [1.54, 1.807) is 0 Å². The molecule has 0 unspecified atom stereocenters. The Balaban J connectivity index is 0.00000128. The van der Waals surface area contributed by atoms with E-state index in [0.29, 0.717) is 0 Å². The number of benzene rings is 1. The van der Waals surface area contributed by atoms with Crippen LogP contribution in [0.1, 0.15) is 0 Å². The molecule has 0 fully saturated rings. The van der Waals surface area contributed by atoms with Crippen molar-refractivity contribution < 1.29 is 68.7 Å². The summed E-state index contributed by atoms with van der Waals surface area (Å²) < 4.78 is 50.4. The number of nitrogens with zero attached hydrogens (tertiary/aromatic N) is 1. The van der Waals surface area contributed by atoms with Crippen molar-refractivity contribution in [1.29, 1.82) is 0 Å². The third kappa shape index (κ3) is 2.84. The average Bonchev–Trinajstić information content (AvgIpc) is 2.15. The molecule has 7 heteroatoms. The molecule has 0 spiro atoms. The van der Waals surface area contributed by atoms with Crippen LogP contribution in [0.25, 0.3) is 10.8 Å². The van der Waals surface area contributed by atoms with Crippen molar-refractivity contribution in [2.45, 2.75) is 0 Å². The van der Waals surface area contributed by atoms with Crippen LogP contribution in [0.3, 0.4) is 0 Å². The summed E-state index contributed by atoms with van der Waals surface area (Å²) in [5, 5.41) is 0.144. The predicted octanol–water partition coefficient (Wildman–Crippen LogP) is -0.568. The van der Waals surface area contributed by atoms with E-state index < -0.39 is 18.3 Å². The molecular formula is C9H5BF4KN. The van der Waals surface area contributed by atoms with Gasteiger partial charge in [-0.15, -0.1) is 0 Å². The second kappa shape index (κ2) is 5.14. The molecule has 0 amide bonds. The van der Waals surface area contributed by atoms with E-state index in [0.717, 1.165) is 24.4 Å². The molecule has 0 radical (unpaired) electrons. The number of hydrogen-bond acceptors (Lipinski definition) is 1. The van der Waals surface area contributed by atoms with Gasteiger partial charge in [-0.3, -0.25) is 4.98 Å². The van der Waals surface area contributed by atoms with Crippen LogP contribution in [0.2, 0.25) is 0 Å². The number of halogens is 4. The Labute approximate surface area is 132 Å². The number of rotatable bonds is 1. The van der Waals surface area contributed by atoms with E-state index >= 15 is 0 Å². The zero-order valence-corrected chi connectivity index (χ0v) is 11.5. The van der Waals surface area contributed by atoms with Crippen molar-refractivity contribution in [3.8, 4) is 0 Å². The summed E-state index contributed by atoms with van der Waals surface area (Å²) >= 11 is 0. The second-order valence-electron chi connectivity index (χ2n) is 3.17. The number of pyridine rings is 1. The average molecular weight is 253 g/mol. The van der Waals surface area contributed by atoms with Gasteiger partial charge in [0.25, 0.3) is 0 Å². The van der Waals surface area contributed by atoms with E-state index in [-0.39, 0.29) is 62.2 Å². The third-order valence-corrected chi connectivity index (χ3v) is 2.10. The summed E-state index contributed by atoms with van der Waals surface area (Å²) in [5.41, 5.74) is -0.785. The summed E-state index contributed by atoms with van der Waals surface area (Å²) in [7, 11) is 0. The second-order valence-corrected chi connectivity index (χ2v) is 3.17. The molecule has 0 aliphatic carbocycles. The topological polar surface area (TPSA) is 12.9 Å². The van der Waals surface area contributed by atoms with Gasteiger partial charge in [0.1, 0.15) is 5.82 Å². The standard InChI is InChI=1S/C9H5BF4N.K/c11-7-1-2-8-6(3-7)4-15-5-9(8)10(12,13)14;/h1-5H;/q-1;+1. The zero-order valence-electron chi connectivity index (χ0n) is 8.42. The first-order valence-electron chi connectivity index (χ1n) is 4.21. The van der Waals surface area contributed by atoms with Crippen LogP contribution in [0, 0.1) is 5.82 Å². The fourth-order valence-electron chi connectivity index (χ4n) is 1.43. The molecule has 1 heterocycles. The van der Waals surface area contributed by atoms with Crippen LogP contribution in [-0.4, -0.2) is 12.0 Å². The van der Waals surface area contributed by atoms with Crippen molar-refractivity contribution in [2.75, 3.05) is 0 Å². The van der Waals surface area contributed by atoms with Gasteiger partial charge in [-0.1, -0.05) is 11.5 Å². The summed E-state index contributed by atoms with van der Waals surface area (Å²) in [6.45, 7) is -5.11. The minimum absolute atomic E-state index is 0. The van der Waals surface area contributed by atoms with Gasteiger partial charge in [-0.2, -0.15) is 0 Å². The van der Waals surface area contributed by atoms with Gasteiger partial charge >= 0.3 is 58.4 Å². The Morgan fingerprint density at radius 3 is 2.38 bits per heavy atom. The van der Waals surface area contributed by atoms with E-state index in [1.807, 2.05) is 0 Å². The van der Waals surface area contributed by atoms with Gasteiger partial charge < -0.3 is 12.9 Å². The molecule has 78 valence electrons. The molecule has 1 nitrogen and oxygen atoms in total. The van der Waals surface area contributed by atoms with Crippen LogP contribution in [0.4, 0.5) is 17.3 Å². The summed E-state index contributed by atoms with van der Waals surface area (Å²) in [5.74, 6) is -0.573. The number of aromatic nitrogens is 1. The van der Waals surface area contributed by atoms with Crippen molar-refractivity contribution in [2.24, 2.45) is 0 Å². The van der Waals surface area contributed by atoms with Crippen LogP contribution in [-0.2, 0) is 0 Å². The molecule has 1 aromatic heterocycles. The molecule has 1 aromatic carbocycles. The fourth-order valence-corrected chi connectivity index (χ4v) is 1.43.